The van der Waals surface area contributed by atoms with E-state index in [-0.39, 0.29) is 17.6 Å². The number of aromatic nitrogens is 2. The number of rotatable bonds is 3. The monoisotopic (exact) mass is 395 g/mol. The Morgan fingerprint density at radius 1 is 1.14 bits per heavy atom. The molecule has 28 heavy (non-hydrogen) atoms. The maximum atomic E-state index is 13.5. The molecule has 0 bridgehead atoms. The molecule has 1 aromatic heterocycles. The topological polar surface area (TPSA) is 46.1 Å². The molecule has 4 nitrogen and oxygen atoms in total. The maximum Gasteiger partial charge on any atom is 0.253 e. The van der Waals surface area contributed by atoms with Gasteiger partial charge in [0.05, 0.1) is 0 Å². The highest BCUT2D eigenvalue weighted by atomic mass is 35.5. The molecule has 1 saturated heterocycles. The molecule has 0 N–H and O–H groups in total. The van der Waals surface area contributed by atoms with Gasteiger partial charge in [0.15, 0.2) is 5.82 Å². The Labute approximate surface area is 168 Å². The third-order valence-corrected chi connectivity index (χ3v) is 5.19. The molecule has 1 aliphatic heterocycles. The summed E-state index contributed by atoms with van der Waals surface area (Å²) in [7, 11) is 0. The average Bonchev–Trinajstić information content (AvgIpc) is 2.73. The Hall–Kier alpha value is -2.79. The number of amides is 1. The number of benzene rings is 2. The van der Waals surface area contributed by atoms with Crippen molar-refractivity contribution in [3.05, 3.63) is 82.9 Å². The van der Waals surface area contributed by atoms with Gasteiger partial charge in [-0.3, -0.25) is 4.79 Å². The van der Waals surface area contributed by atoms with Gasteiger partial charge in [-0.05, 0) is 49.2 Å². The van der Waals surface area contributed by atoms with Crippen LogP contribution in [0.1, 0.15) is 34.8 Å². The molecular formula is C22H19ClFN3O. The van der Waals surface area contributed by atoms with Gasteiger partial charge < -0.3 is 4.90 Å². The molecule has 1 aliphatic rings. The van der Waals surface area contributed by atoms with E-state index < -0.39 is 0 Å². The van der Waals surface area contributed by atoms with Gasteiger partial charge in [-0.2, -0.15) is 0 Å². The van der Waals surface area contributed by atoms with Gasteiger partial charge in [0.2, 0.25) is 0 Å². The molecule has 0 radical (unpaired) electrons. The Morgan fingerprint density at radius 3 is 2.82 bits per heavy atom. The number of likely N-dealkylation sites (tertiary alicyclic amines) is 1. The first-order valence-electron chi connectivity index (χ1n) is 9.24. The van der Waals surface area contributed by atoms with Crippen LogP contribution >= 0.6 is 11.6 Å². The van der Waals surface area contributed by atoms with Gasteiger partial charge in [-0.25, -0.2) is 14.4 Å². The van der Waals surface area contributed by atoms with Crippen LogP contribution < -0.4 is 0 Å². The molecule has 0 spiro atoms. The number of nitrogens with zero attached hydrogens (tertiary/aromatic N) is 3. The zero-order valence-electron chi connectivity index (χ0n) is 15.2. The molecule has 142 valence electrons. The van der Waals surface area contributed by atoms with Crippen molar-refractivity contribution in [2.75, 3.05) is 13.1 Å². The number of halogens is 2. The fourth-order valence-electron chi connectivity index (χ4n) is 3.57. The Kier molecular flexibility index (Phi) is 5.35. The summed E-state index contributed by atoms with van der Waals surface area (Å²) in [6.45, 7) is 1.30. The van der Waals surface area contributed by atoms with Crippen molar-refractivity contribution in [1.82, 2.24) is 14.9 Å². The van der Waals surface area contributed by atoms with E-state index in [9.17, 15) is 9.18 Å². The van der Waals surface area contributed by atoms with Crippen molar-refractivity contribution in [3.8, 4) is 11.4 Å². The highest BCUT2D eigenvalue weighted by Gasteiger charge is 2.26. The normalized spacial score (nSPS) is 16.8. The van der Waals surface area contributed by atoms with Gasteiger partial charge in [-0.15, -0.1) is 0 Å². The number of carbonyl (C=O) groups is 1. The lowest BCUT2D eigenvalue weighted by atomic mass is 9.94. The number of piperidine rings is 1. The maximum absolute atomic E-state index is 13.5. The summed E-state index contributed by atoms with van der Waals surface area (Å²) in [5, 5.41) is 0.551. The van der Waals surface area contributed by atoms with Crippen LogP contribution in [0.5, 0.6) is 0 Å². The van der Waals surface area contributed by atoms with Crippen LogP contribution in [0, 0.1) is 5.82 Å². The Balaban J connectivity index is 1.55. The zero-order chi connectivity index (χ0) is 19.5. The van der Waals surface area contributed by atoms with E-state index in [4.69, 9.17) is 11.6 Å². The second-order valence-electron chi connectivity index (χ2n) is 6.92. The molecule has 2 aromatic carbocycles. The molecule has 0 saturated carbocycles. The van der Waals surface area contributed by atoms with Crippen molar-refractivity contribution < 1.29 is 9.18 Å². The third-order valence-electron chi connectivity index (χ3n) is 4.96. The van der Waals surface area contributed by atoms with Crippen molar-refractivity contribution in [1.29, 1.82) is 0 Å². The summed E-state index contributed by atoms with van der Waals surface area (Å²) in [4.78, 5) is 23.6. The van der Waals surface area contributed by atoms with E-state index in [0.29, 0.717) is 35.1 Å². The second-order valence-corrected chi connectivity index (χ2v) is 7.35. The van der Waals surface area contributed by atoms with E-state index in [1.54, 1.807) is 42.6 Å². The van der Waals surface area contributed by atoms with Crippen molar-refractivity contribution in [3.63, 3.8) is 0 Å². The summed E-state index contributed by atoms with van der Waals surface area (Å²) < 4.78 is 13.5. The van der Waals surface area contributed by atoms with Gasteiger partial charge in [0.1, 0.15) is 5.82 Å². The van der Waals surface area contributed by atoms with E-state index in [1.807, 2.05) is 11.0 Å². The average molecular weight is 396 g/mol. The fraction of sp³-hybridized carbons (Fsp3) is 0.227. The van der Waals surface area contributed by atoms with E-state index in [2.05, 4.69) is 9.97 Å². The summed E-state index contributed by atoms with van der Waals surface area (Å²) in [5.74, 6) is 0.275. The van der Waals surface area contributed by atoms with Gasteiger partial charge in [-0.1, -0.05) is 29.8 Å². The van der Waals surface area contributed by atoms with Crippen molar-refractivity contribution in [2.24, 2.45) is 0 Å². The van der Waals surface area contributed by atoms with E-state index in [0.717, 1.165) is 18.5 Å². The van der Waals surface area contributed by atoms with Crippen molar-refractivity contribution in [2.45, 2.75) is 18.8 Å². The van der Waals surface area contributed by atoms with Crippen LogP contribution in [0.4, 0.5) is 4.39 Å². The molecular weight excluding hydrogens is 377 g/mol. The minimum atomic E-state index is -0.317. The zero-order valence-corrected chi connectivity index (χ0v) is 15.9. The second kappa shape index (κ2) is 8.07. The van der Waals surface area contributed by atoms with Crippen LogP contribution in [0.15, 0.2) is 60.8 Å². The molecule has 1 atom stereocenters. The number of hydrogen-bond acceptors (Lipinski definition) is 3. The van der Waals surface area contributed by atoms with Crippen LogP contribution in [-0.4, -0.2) is 33.9 Å². The van der Waals surface area contributed by atoms with E-state index >= 15 is 0 Å². The molecule has 3 aromatic rings. The Morgan fingerprint density at radius 2 is 2.00 bits per heavy atom. The summed E-state index contributed by atoms with van der Waals surface area (Å²) in [5.41, 5.74) is 2.11. The minimum absolute atomic E-state index is 0.0217. The highest BCUT2D eigenvalue weighted by Crippen LogP contribution is 2.28. The minimum Gasteiger partial charge on any atom is -0.338 e. The van der Waals surface area contributed by atoms with Crippen molar-refractivity contribution >= 4 is 17.5 Å². The third kappa shape index (κ3) is 4.04. The lowest BCUT2D eigenvalue weighted by Gasteiger charge is -2.32. The standard InChI is InChI=1S/C22H19ClFN3O/c23-18-7-1-5-16(12-18)22(28)27-11-3-6-17(14-27)20-9-10-25-21(26-20)15-4-2-8-19(24)13-15/h1-2,4-5,7-10,12-13,17H,3,6,11,14H2. The number of hydrogen-bond donors (Lipinski definition) is 0. The molecule has 6 heteroatoms. The van der Waals surface area contributed by atoms with Gasteiger partial charge >= 0.3 is 0 Å². The lowest BCUT2D eigenvalue weighted by Crippen LogP contribution is -2.39. The summed E-state index contributed by atoms with van der Waals surface area (Å²) >= 11 is 6.02. The largest absolute Gasteiger partial charge is 0.338 e. The smallest absolute Gasteiger partial charge is 0.253 e. The van der Waals surface area contributed by atoms with Gasteiger partial charge in [0, 0.05) is 47.0 Å². The quantitative estimate of drug-likeness (QED) is 0.630. The first kappa shape index (κ1) is 18.6. The fourth-order valence-corrected chi connectivity index (χ4v) is 3.76. The van der Waals surface area contributed by atoms with Crippen LogP contribution in [0.25, 0.3) is 11.4 Å². The SMILES string of the molecule is O=C(c1cccc(Cl)c1)N1CCCC(c2ccnc(-c3cccc(F)c3)n2)C1. The van der Waals surface area contributed by atoms with E-state index in [1.165, 1.54) is 12.1 Å². The van der Waals surface area contributed by atoms with Gasteiger partial charge in [0.25, 0.3) is 5.91 Å². The Bertz CT molecular complexity index is 1010. The number of carbonyl (C=O) groups excluding carboxylic acids is 1. The van der Waals surface area contributed by atoms with Crippen LogP contribution in [-0.2, 0) is 0 Å². The predicted octanol–water partition coefficient (Wildman–Crippen LogP) is 4.96. The molecule has 0 aliphatic carbocycles. The summed E-state index contributed by atoms with van der Waals surface area (Å²) in [6.07, 6.45) is 3.54. The predicted molar refractivity (Wildman–Crippen MR) is 107 cm³/mol. The summed E-state index contributed by atoms with van der Waals surface area (Å²) in [6, 6.07) is 15.2. The first-order chi connectivity index (χ1) is 13.6. The lowest BCUT2D eigenvalue weighted by molar-refractivity contribution is 0.0706. The highest BCUT2D eigenvalue weighted by molar-refractivity contribution is 6.30. The molecule has 2 heterocycles. The molecule has 1 fully saturated rings. The molecule has 1 amide bonds. The molecule has 4 rings (SSSR count). The molecule has 1 unspecified atom stereocenters. The van der Waals surface area contributed by atoms with Crippen LogP contribution in [0.2, 0.25) is 5.02 Å². The van der Waals surface area contributed by atoms with Crippen LogP contribution in [0.3, 0.4) is 0 Å². The first-order valence-corrected chi connectivity index (χ1v) is 9.62.